The number of rotatable bonds is 4. The van der Waals surface area contributed by atoms with E-state index in [1.165, 1.54) is 24.1 Å². The van der Waals surface area contributed by atoms with Crippen LogP contribution in [0.3, 0.4) is 0 Å². The first-order valence-corrected chi connectivity index (χ1v) is 6.11. The molecule has 1 aromatic heterocycles. The molecule has 1 aliphatic carbocycles. The summed E-state index contributed by atoms with van der Waals surface area (Å²) in [5, 5.41) is 3.38. The highest BCUT2D eigenvalue weighted by Crippen LogP contribution is 2.25. The highest BCUT2D eigenvalue weighted by atomic mass is 15.0. The fraction of sp³-hybridized carbons (Fsp3) is 0.667. The molecule has 0 saturated heterocycles. The summed E-state index contributed by atoms with van der Waals surface area (Å²) in [5.74, 6) is 1.91. The second kappa shape index (κ2) is 5.25. The molecule has 0 aliphatic heterocycles. The summed E-state index contributed by atoms with van der Waals surface area (Å²) in [6.45, 7) is 3.58. The highest BCUT2D eigenvalue weighted by molar-refractivity contribution is 5.47. The van der Waals surface area contributed by atoms with E-state index in [2.05, 4.69) is 15.3 Å². The molecule has 4 nitrogen and oxygen atoms in total. The molecule has 0 radical (unpaired) electrons. The van der Waals surface area contributed by atoms with E-state index in [-0.39, 0.29) is 0 Å². The van der Waals surface area contributed by atoms with Crippen LogP contribution in [0, 0.1) is 6.92 Å². The number of fused-ring (bicyclic) bond motifs is 1. The number of hydrogen-bond acceptors (Lipinski definition) is 4. The highest BCUT2D eigenvalue weighted by Gasteiger charge is 2.16. The van der Waals surface area contributed by atoms with Crippen LogP contribution >= 0.6 is 0 Å². The summed E-state index contributed by atoms with van der Waals surface area (Å²) in [6.07, 6.45) is 5.71. The van der Waals surface area contributed by atoms with Gasteiger partial charge < -0.3 is 11.1 Å². The Morgan fingerprint density at radius 1 is 1.25 bits per heavy atom. The van der Waals surface area contributed by atoms with Crippen molar-refractivity contribution in [1.29, 1.82) is 0 Å². The Morgan fingerprint density at radius 3 is 2.88 bits per heavy atom. The van der Waals surface area contributed by atoms with E-state index in [4.69, 9.17) is 5.73 Å². The van der Waals surface area contributed by atoms with Gasteiger partial charge in [-0.25, -0.2) is 9.97 Å². The van der Waals surface area contributed by atoms with Gasteiger partial charge in [0.1, 0.15) is 11.6 Å². The first-order valence-electron chi connectivity index (χ1n) is 6.11. The van der Waals surface area contributed by atoms with Gasteiger partial charge in [-0.3, -0.25) is 0 Å². The number of anilines is 1. The third kappa shape index (κ3) is 2.50. The van der Waals surface area contributed by atoms with Crippen LogP contribution in [0.25, 0.3) is 0 Å². The molecule has 0 bridgehead atoms. The number of nitrogens with zero attached hydrogens (tertiary/aromatic N) is 2. The predicted molar refractivity (Wildman–Crippen MR) is 65.6 cm³/mol. The van der Waals surface area contributed by atoms with Crippen molar-refractivity contribution in [2.24, 2.45) is 5.73 Å². The molecule has 3 N–H and O–H groups in total. The fourth-order valence-corrected chi connectivity index (χ4v) is 2.17. The van der Waals surface area contributed by atoms with Crippen molar-refractivity contribution in [1.82, 2.24) is 9.97 Å². The Labute approximate surface area is 96.7 Å². The molecule has 0 atom stereocenters. The lowest BCUT2D eigenvalue weighted by Gasteiger charge is -2.19. The first kappa shape index (κ1) is 11.3. The summed E-state index contributed by atoms with van der Waals surface area (Å²) >= 11 is 0. The van der Waals surface area contributed by atoms with Gasteiger partial charge in [-0.2, -0.15) is 0 Å². The van der Waals surface area contributed by atoms with Gasteiger partial charge in [0.15, 0.2) is 0 Å². The second-order valence-corrected chi connectivity index (χ2v) is 4.32. The molecule has 1 aliphatic rings. The monoisotopic (exact) mass is 220 g/mol. The Kier molecular flexibility index (Phi) is 3.72. The van der Waals surface area contributed by atoms with Crippen molar-refractivity contribution in [3.8, 4) is 0 Å². The SMILES string of the molecule is Cc1nc2c(c(NCCCN)n1)CCCC2. The molecule has 0 saturated carbocycles. The van der Waals surface area contributed by atoms with Crippen LogP contribution < -0.4 is 11.1 Å². The normalized spacial score (nSPS) is 14.6. The first-order chi connectivity index (χ1) is 7.81. The zero-order chi connectivity index (χ0) is 11.4. The number of aromatic nitrogens is 2. The van der Waals surface area contributed by atoms with Gasteiger partial charge in [0, 0.05) is 17.8 Å². The number of hydrogen-bond donors (Lipinski definition) is 2. The van der Waals surface area contributed by atoms with E-state index < -0.39 is 0 Å². The lowest BCUT2D eigenvalue weighted by atomic mass is 9.96. The molecule has 88 valence electrons. The van der Waals surface area contributed by atoms with E-state index in [1.54, 1.807) is 0 Å². The molecule has 1 aromatic rings. The minimum absolute atomic E-state index is 0.721. The van der Waals surface area contributed by atoms with E-state index in [9.17, 15) is 0 Å². The molecule has 0 fully saturated rings. The summed E-state index contributed by atoms with van der Waals surface area (Å²) < 4.78 is 0. The van der Waals surface area contributed by atoms with Crippen molar-refractivity contribution < 1.29 is 0 Å². The zero-order valence-electron chi connectivity index (χ0n) is 9.92. The van der Waals surface area contributed by atoms with Crippen LogP contribution in [0.2, 0.25) is 0 Å². The van der Waals surface area contributed by atoms with Gasteiger partial charge in [-0.15, -0.1) is 0 Å². The van der Waals surface area contributed by atoms with Gasteiger partial charge in [0.05, 0.1) is 0 Å². The third-order valence-corrected chi connectivity index (χ3v) is 2.97. The maximum atomic E-state index is 5.49. The molecule has 0 aromatic carbocycles. The van der Waals surface area contributed by atoms with Crippen molar-refractivity contribution >= 4 is 5.82 Å². The van der Waals surface area contributed by atoms with Crippen LogP contribution in [-0.2, 0) is 12.8 Å². The molecule has 16 heavy (non-hydrogen) atoms. The second-order valence-electron chi connectivity index (χ2n) is 4.32. The van der Waals surface area contributed by atoms with Gasteiger partial charge in [-0.1, -0.05) is 0 Å². The molecule has 2 rings (SSSR count). The van der Waals surface area contributed by atoms with Gasteiger partial charge in [0.25, 0.3) is 0 Å². The molecule has 0 spiro atoms. The molecular weight excluding hydrogens is 200 g/mol. The molecule has 1 heterocycles. The van der Waals surface area contributed by atoms with Gasteiger partial charge in [0.2, 0.25) is 0 Å². The molecule has 4 heteroatoms. The van der Waals surface area contributed by atoms with Crippen LogP contribution in [0.1, 0.15) is 36.3 Å². The van der Waals surface area contributed by atoms with Crippen LogP contribution in [-0.4, -0.2) is 23.1 Å². The number of nitrogens with two attached hydrogens (primary N) is 1. The van der Waals surface area contributed by atoms with E-state index in [0.29, 0.717) is 0 Å². The largest absolute Gasteiger partial charge is 0.370 e. The Hall–Kier alpha value is -1.16. The molecule has 0 unspecified atom stereocenters. The van der Waals surface area contributed by atoms with Gasteiger partial charge in [-0.05, 0) is 45.6 Å². The minimum Gasteiger partial charge on any atom is -0.370 e. The van der Waals surface area contributed by atoms with Crippen LogP contribution in [0.5, 0.6) is 0 Å². The zero-order valence-corrected chi connectivity index (χ0v) is 9.92. The van der Waals surface area contributed by atoms with Crippen molar-refractivity contribution in [2.75, 3.05) is 18.4 Å². The standard InChI is InChI=1S/C12H20N4/c1-9-15-11-6-3-2-5-10(11)12(16-9)14-8-4-7-13/h2-8,13H2,1H3,(H,14,15,16). The van der Waals surface area contributed by atoms with Gasteiger partial charge >= 0.3 is 0 Å². The summed E-state index contributed by atoms with van der Waals surface area (Å²) in [7, 11) is 0. The molecular formula is C12H20N4. The topological polar surface area (TPSA) is 63.8 Å². The minimum atomic E-state index is 0.721. The van der Waals surface area contributed by atoms with Crippen molar-refractivity contribution in [3.63, 3.8) is 0 Å². The van der Waals surface area contributed by atoms with E-state index in [1.807, 2.05) is 6.92 Å². The Bertz CT molecular complexity index is 362. The maximum Gasteiger partial charge on any atom is 0.133 e. The third-order valence-electron chi connectivity index (χ3n) is 2.97. The van der Waals surface area contributed by atoms with E-state index in [0.717, 1.165) is 44.0 Å². The number of nitrogens with one attached hydrogen (secondary N) is 1. The smallest absolute Gasteiger partial charge is 0.133 e. The Balaban J connectivity index is 2.18. The number of aryl methyl sites for hydroxylation is 2. The van der Waals surface area contributed by atoms with Crippen molar-refractivity contribution in [3.05, 3.63) is 17.1 Å². The summed E-state index contributed by atoms with van der Waals surface area (Å²) in [4.78, 5) is 9.02. The molecule has 0 amide bonds. The Morgan fingerprint density at radius 2 is 2.06 bits per heavy atom. The summed E-state index contributed by atoms with van der Waals surface area (Å²) in [5.41, 5.74) is 8.06. The fourth-order valence-electron chi connectivity index (χ4n) is 2.17. The van der Waals surface area contributed by atoms with E-state index >= 15 is 0 Å². The average Bonchev–Trinajstić information content (AvgIpc) is 2.29. The maximum absolute atomic E-state index is 5.49. The predicted octanol–water partition coefficient (Wildman–Crippen LogP) is 1.42. The van der Waals surface area contributed by atoms with Crippen LogP contribution in [0.4, 0.5) is 5.82 Å². The average molecular weight is 220 g/mol. The lowest BCUT2D eigenvalue weighted by molar-refractivity contribution is 0.659. The summed E-state index contributed by atoms with van der Waals surface area (Å²) in [6, 6.07) is 0. The lowest BCUT2D eigenvalue weighted by Crippen LogP contribution is -2.15. The van der Waals surface area contributed by atoms with Crippen LogP contribution in [0.15, 0.2) is 0 Å². The van der Waals surface area contributed by atoms with Crippen molar-refractivity contribution in [2.45, 2.75) is 39.0 Å². The quantitative estimate of drug-likeness (QED) is 0.753.